The minimum Gasteiger partial charge on any atom is -0.464 e. The van der Waals surface area contributed by atoms with E-state index in [2.05, 4.69) is 19.6 Å². The van der Waals surface area contributed by atoms with E-state index in [0.717, 1.165) is 18.9 Å². The SMILES string of the molecule is COC(=O)c1cnc(N2C[C@@H](C)O[C@@H](C)C2)cn1. The summed E-state index contributed by atoms with van der Waals surface area (Å²) in [5.74, 6) is 0.280. The highest BCUT2D eigenvalue weighted by atomic mass is 16.5. The van der Waals surface area contributed by atoms with Gasteiger partial charge >= 0.3 is 5.97 Å². The van der Waals surface area contributed by atoms with Crippen molar-refractivity contribution in [3.8, 4) is 0 Å². The fourth-order valence-electron chi connectivity index (χ4n) is 2.06. The number of carbonyl (C=O) groups is 1. The van der Waals surface area contributed by atoms with Crippen LogP contribution in [0.1, 0.15) is 24.3 Å². The summed E-state index contributed by atoms with van der Waals surface area (Å²) < 4.78 is 10.2. The van der Waals surface area contributed by atoms with Crippen molar-refractivity contribution in [3.05, 3.63) is 18.1 Å². The van der Waals surface area contributed by atoms with Gasteiger partial charge in [0.25, 0.3) is 0 Å². The Morgan fingerprint density at radius 2 is 2.00 bits per heavy atom. The lowest BCUT2D eigenvalue weighted by atomic mass is 10.2. The van der Waals surface area contributed by atoms with Gasteiger partial charge in [0, 0.05) is 13.1 Å². The maximum atomic E-state index is 11.2. The quantitative estimate of drug-likeness (QED) is 0.727. The molecule has 0 unspecified atom stereocenters. The second-order valence-corrected chi connectivity index (χ2v) is 4.41. The van der Waals surface area contributed by atoms with Gasteiger partial charge in [-0.05, 0) is 13.8 Å². The number of aromatic nitrogens is 2. The Kier molecular flexibility index (Phi) is 3.76. The zero-order chi connectivity index (χ0) is 13.1. The summed E-state index contributed by atoms with van der Waals surface area (Å²) in [6.07, 6.45) is 3.36. The van der Waals surface area contributed by atoms with Crippen molar-refractivity contribution >= 4 is 11.8 Å². The Morgan fingerprint density at radius 1 is 1.33 bits per heavy atom. The molecule has 1 saturated heterocycles. The number of anilines is 1. The summed E-state index contributed by atoms with van der Waals surface area (Å²) in [7, 11) is 1.32. The molecule has 98 valence electrons. The van der Waals surface area contributed by atoms with E-state index in [9.17, 15) is 4.79 Å². The van der Waals surface area contributed by atoms with Crippen LogP contribution < -0.4 is 4.90 Å². The minimum absolute atomic E-state index is 0.163. The van der Waals surface area contributed by atoms with Crippen molar-refractivity contribution in [2.45, 2.75) is 26.1 Å². The van der Waals surface area contributed by atoms with E-state index < -0.39 is 5.97 Å². The lowest BCUT2D eigenvalue weighted by Gasteiger charge is -2.35. The molecule has 1 aliphatic heterocycles. The van der Waals surface area contributed by atoms with Crippen LogP contribution in [0.5, 0.6) is 0 Å². The standard InChI is InChI=1S/C12H17N3O3/c1-8-6-15(7-9(2)18-8)11-5-13-10(4-14-11)12(16)17-3/h4-5,8-9H,6-7H2,1-3H3/t8-,9+. The van der Waals surface area contributed by atoms with Gasteiger partial charge in [0.15, 0.2) is 5.69 Å². The minimum atomic E-state index is -0.474. The molecule has 2 rings (SSSR count). The van der Waals surface area contributed by atoms with Gasteiger partial charge in [-0.25, -0.2) is 14.8 Å². The van der Waals surface area contributed by atoms with Gasteiger partial charge in [-0.2, -0.15) is 0 Å². The Hall–Kier alpha value is -1.69. The number of carbonyl (C=O) groups excluding carboxylic acids is 1. The van der Waals surface area contributed by atoms with Crippen LogP contribution in [-0.2, 0) is 9.47 Å². The van der Waals surface area contributed by atoms with E-state index in [4.69, 9.17) is 4.74 Å². The largest absolute Gasteiger partial charge is 0.464 e. The maximum Gasteiger partial charge on any atom is 0.358 e. The Bertz CT molecular complexity index is 411. The molecule has 1 aromatic heterocycles. The molecule has 1 aromatic rings. The van der Waals surface area contributed by atoms with Crippen LogP contribution in [0.25, 0.3) is 0 Å². The van der Waals surface area contributed by atoms with E-state index in [1.807, 2.05) is 13.8 Å². The van der Waals surface area contributed by atoms with Gasteiger partial charge in [-0.3, -0.25) is 0 Å². The Balaban J connectivity index is 2.11. The molecule has 0 bridgehead atoms. The van der Waals surface area contributed by atoms with Gasteiger partial charge < -0.3 is 14.4 Å². The maximum absolute atomic E-state index is 11.2. The number of hydrogen-bond acceptors (Lipinski definition) is 6. The van der Waals surface area contributed by atoms with E-state index in [0.29, 0.717) is 0 Å². The molecule has 0 aromatic carbocycles. The van der Waals surface area contributed by atoms with Crippen molar-refractivity contribution in [1.29, 1.82) is 0 Å². The van der Waals surface area contributed by atoms with Crippen molar-refractivity contribution in [2.75, 3.05) is 25.1 Å². The third-order valence-electron chi connectivity index (χ3n) is 2.78. The summed E-state index contributed by atoms with van der Waals surface area (Å²) in [4.78, 5) is 21.7. The lowest BCUT2D eigenvalue weighted by molar-refractivity contribution is -0.00549. The van der Waals surface area contributed by atoms with Crippen molar-refractivity contribution in [1.82, 2.24) is 9.97 Å². The highest BCUT2D eigenvalue weighted by Crippen LogP contribution is 2.17. The molecule has 6 nitrogen and oxygen atoms in total. The smallest absolute Gasteiger partial charge is 0.358 e. The third kappa shape index (κ3) is 2.76. The summed E-state index contributed by atoms with van der Waals surface area (Å²) in [5.41, 5.74) is 0.218. The van der Waals surface area contributed by atoms with Gasteiger partial charge in [0.1, 0.15) is 5.82 Å². The number of rotatable bonds is 2. The van der Waals surface area contributed by atoms with Crippen LogP contribution >= 0.6 is 0 Å². The first-order valence-electron chi connectivity index (χ1n) is 5.91. The number of morpholine rings is 1. The molecule has 0 spiro atoms. The van der Waals surface area contributed by atoms with Crippen LogP contribution in [0.3, 0.4) is 0 Å². The molecule has 0 aliphatic carbocycles. The topological polar surface area (TPSA) is 64.5 Å². The first kappa shape index (κ1) is 12.8. The zero-order valence-electron chi connectivity index (χ0n) is 10.8. The first-order valence-corrected chi connectivity index (χ1v) is 5.91. The lowest BCUT2D eigenvalue weighted by Crippen LogP contribution is -2.45. The number of hydrogen-bond donors (Lipinski definition) is 0. The summed E-state index contributed by atoms with van der Waals surface area (Å²) in [6.45, 7) is 5.60. The van der Waals surface area contributed by atoms with Gasteiger partial charge in [0.2, 0.25) is 0 Å². The molecule has 6 heteroatoms. The first-order chi connectivity index (χ1) is 8.60. The number of nitrogens with zero attached hydrogens (tertiary/aromatic N) is 3. The van der Waals surface area contributed by atoms with Crippen molar-refractivity contribution in [3.63, 3.8) is 0 Å². The monoisotopic (exact) mass is 251 g/mol. The molecule has 18 heavy (non-hydrogen) atoms. The molecule has 0 N–H and O–H groups in total. The van der Waals surface area contributed by atoms with E-state index >= 15 is 0 Å². The highest BCUT2D eigenvalue weighted by molar-refractivity contribution is 5.86. The van der Waals surface area contributed by atoms with Crippen LogP contribution in [0.2, 0.25) is 0 Å². The second kappa shape index (κ2) is 5.30. The Morgan fingerprint density at radius 3 is 2.50 bits per heavy atom. The molecule has 0 amide bonds. The zero-order valence-corrected chi connectivity index (χ0v) is 10.8. The second-order valence-electron chi connectivity index (χ2n) is 4.41. The van der Waals surface area contributed by atoms with Gasteiger partial charge in [0.05, 0.1) is 31.7 Å². The van der Waals surface area contributed by atoms with Crippen molar-refractivity contribution in [2.24, 2.45) is 0 Å². The van der Waals surface area contributed by atoms with E-state index in [1.54, 1.807) is 6.20 Å². The van der Waals surface area contributed by atoms with Crippen LogP contribution in [0.15, 0.2) is 12.4 Å². The summed E-state index contributed by atoms with van der Waals surface area (Å²) in [6, 6.07) is 0. The molecule has 0 saturated carbocycles. The van der Waals surface area contributed by atoms with E-state index in [1.165, 1.54) is 13.3 Å². The molecule has 0 radical (unpaired) electrons. The molecular formula is C12H17N3O3. The molecule has 1 aliphatic rings. The summed E-state index contributed by atoms with van der Waals surface area (Å²) in [5, 5.41) is 0. The molecule has 2 heterocycles. The Labute approximate surface area is 106 Å². The number of methoxy groups -OCH3 is 1. The highest BCUT2D eigenvalue weighted by Gasteiger charge is 2.23. The van der Waals surface area contributed by atoms with Crippen LogP contribution in [0, 0.1) is 0 Å². The van der Waals surface area contributed by atoms with Crippen LogP contribution in [0.4, 0.5) is 5.82 Å². The average molecular weight is 251 g/mol. The van der Waals surface area contributed by atoms with Gasteiger partial charge in [-0.1, -0.05) is 0 Å². The van der Waals surface area contributed by atoms with Gasteiger partial charge in [-0.15, -0.1) is 0 Å². The fourth-order valence-corrected chi connectivity index (χ4v) is 2.06. The number of esters is 1. The summed E-state index contributed by atoms with van der Waals surface area (Å²) >= 11 is 0. The van der Waals surface area contributed by atoms with Crippen LogP contribution in [-0.4, -0.2) is 48.3 Å². The normalized spacial score (nSPS) is 23.8. The fraction of sp³-hybridized carbons (Fsp3) is 0.583. The van der Waals surface area contributed by atoms with E-state index in [-0.39, 0.29) is 17.9 Å². The third-order valence-corrected chi connectivity index (χ3v) is 2.78. The predicted octanol–water partition coefficient (Wildman–Crippen LogP) is 0.877. The molecule has 1 fully saturated rings. The molecular weight excluding hydrogens is 234 g/mol. The molecule has 2 atom stereocenters. The average Bonchev–Trinajstić information content (AvgIpc) is 2.37. The number of ether oxygens (including phenoxy) is 2. The van der Waals surface area contributed by atoms with Crippen molar-refractivity contribution < 1.29 is 14.3 Å². The predicted molar refractivity (Wildman–Crippen MR) is 65.6 cm³/mol.